The van der Waals surface area contributed by atoms with Crippen molar-refractivity contribution in [3.05, 3.63) is 22.4 Å². The van der Waals surface area contributed by atoms with Gasteiger partial charge >= 0.3 is 5.97 Å². The fourth-order valence-corrected chi connectivity index (χ4v) is 3.81. The van der Waals surface area contributed by atoms with Crippen molar-refractivity contribution in [1.82, 2.24) is 4.90 Å². The van der Waals surface area contributed by atoms with Gasteiger partial charge in [0, 0.05) is 17.3 Å². The van der Waals surface area contributed by atoms with Crippen molar-refractivity contribution in [2.75, 3.05) is 13.1 Å². The molecule has 4 nitrogen and oxygen atoms in total. The van der Waals surface area contributed by atoms with Crippen LogP contribution in [0.5, 0.6) is 0 Å². The van der Waals surface area contributed by atoms with E-state index in [9.17, 15) is 9.90 Å². The number of rotatable bonds is 7. The predicted molar refractivity (Wildman–Crippen MR) is 91.8 cm³/mol. The third-order valence-electron chi connectivity index (χ3n) is 4.20. The maximum Gasteiger partial charge on any atom is 0.303 e. The molecule has 1 aromatic rings. The third kappa shape index (κ3) is 6.24. The predicted octanol–water partition coefficient (Wildman–Crippen LogP) is 3.70. The van der Waals surface area contributed by atoms with E-state index in [1.54, 1.807) is 11.3 Å². The molecule has 0 amide bonds. The molecule has 2 atom stereocenters. The first-order valence-corrected chi connectivity index (χ1v) is 8.72. The summed E-state index contributed by atoms with van der Waals surface area (Å²) in [6, 6.07) is 4.33. The van der Waals surface area contributed by atoms with Crippen LogP contribution in [0.2, 0.25) is 0 Å². The number of aliphatic carboxylic acids is 1. The molecule has 0 saturated carbocycles. The van der Waals surface area contributed by atoms with Crippen molar-refractivity contribution in [3.8, 4) is 0 Å². The van der Waals surface area contributed by atoms with Gasteiger partial charge < -0.3 is 15.1 Å². The van der Waals surface area contributed by atoms with E-state index in [2.05, 4.69) is 4.90 Å². The highest BCUT2D eigenvalue weighted by Crippen LogP contribution is 2.28. The van der Waals surface area contributed by atoms with E-state index in [1.807, 2.05) is 17.5 Å². The second-order valence-corrected chi connectivity index (χ2v) is 6.78. The van der Waals surface area contributed by atoms with Crippen molar-refractivity contribution in [2.24, 2.45) is 0 Å². The summed E-state index contributed by atoms with van der Waals surface area (Å²) in [5.41, 5.74) is 0. The Morgan fingerprint density at radius 3 is 2.91 bits per heavy atom. The summed E-state index contributed by atoms with van der Waals surface area (Å²) < 4.78 is 0. The van der Waals surface area contributed by atoms with E-state index in [0.29, 0.717) is 12.5 Å². The molecule has 0 spiro atoms. The van der Waals surface area contributed by atoms with Gasteiger partial charge in [0.25, 0.3) is 0 Å². The summed E-state index contributed by atoms with van der Waals surface area (Å²) in [5, 5.41) is 21.1. The molecule has 6 heteroatoms. The van der Waals surface area contributed by atoms with Gasteiger partial charge in [0.2, 0.25) is 0 Å². The maximum atomic E-state index is 10.7. The van der Waals surface area contributed by atoms with Gasteiger partial charge in [-0.2, -0.15) is 0 Å². The van der Waals surface area contributed by atoms with Crippen LogP contribution in [0, 0.1) is 0 Å². The van der Waals surface area contributed by atoms with Crippen molar-refractivity contribution in [1.29, 1.82) is 0 Å². The normalized spacial score (nSPS) is 20.9. The maximum absolute atomic E-state index is 10.7. The first kappa shape index (κ1) is 19.4. The molecule has 22 heavy (non-hydrogen) atoms. The third-order valence-corrected chi connectivity index (χ3v) is 5.18. The Morgan fingerprint density at radius 2 is 2.23 bits per heavy atom. The Kier molecular flexibility index (Phi) is 9.02. The molecule has 1 fully saturated rings. The van der Waals surface area contributed by atoms with E-state index in [0.717, 1.165) is 30.8 Å². The van der Waals surface area contributed by atoms with E-state index >= 15 is 0 Å². The van der Waals surface area contributed by atoms with E-state index < -0.39 is 12.1 Å². The van der Waals surface area contributed by atoms with Crippen LogP contribution in [-0.2, 0) is 4.79 Å². The minimum absolute atomic E-state index is 0. The standard InChI is InChI=1S/C16H25NO3S.ClH/c18-14(15-7-5-11-21-15)12-13-6-2-1-3-9-17(13)10-4-8-16(19)20;/h5,7,11,13-14,18H,1-4,6,8-10,12H2,(H,19,20);1H. The zero-order chi connectivity index (χ0) is 15.1. The smallest absolute Gasteiger partial charge is 0.303 e. The average Bonchev–Trinajstić information content (AvgIpc) is 2.89. The summed E-state index contributed by atoms with van der Waals surface area (Å²) in [5.74, 6) is -0.722. The number of thiophene rings is 1. The molecule has 1 aliphatic heterocycles. The second-order valence-electron chi connectivity index (χ2n) is 5.80. The molecular weight excluding hydrogens is 322 g/mol. The van der Waals surface area contributed by atoms with Gasteiger partial charge in [0.1, 0.15) is 0 Å². The molecule has 126 valence electrons. The van der Waals surface area contributed by atoms with Crippen LogP contribution in [0.15, 0.2) is 17.5 Å². The van der Waals surface area contributed by atoms with E-state index in [4.69, 9.17) is 5.11 Å². The van der Waals surface area contributed by atoms with Gasteiger partial charge in [-0.15, -0.1) is 23.7 Å². The van der Waals surface area contributed by atoms with Gasteiger partial charge in [-0.3, -0.25) is 4.79 Å². The van der Waals surface area contributed by atoms with Crippen LogP contribution in [0.25, 0.3) is 0 Å². The number of carbonyl (C=O) groups is 1. The number of carboxylic acid groups (broad SMARTS) is 1. The van der Waals surface area contributed by atoms with Gasteiger partial charge in [0.05, 0.1) is 6.10 Å². The monoisotopic (exact) mass is 347 g/mol. The topological polar surface area (TPSA) is 60.8 Å². The van der Waals surface area contributed by atoms with Gasteiger partial charge in [0.15, 0.2) is 0 Å². The highest BCUT2D eigenvalue weighted by atomic mass is 35.5. The lowest BCUT2D eigenvalue weighted by molar-refractivity contribution is -0.137. The number of aliphatic hydroxyl groups excluding tert-OH is 1. The van der Waals surface area contributed by atoms with Crippen LogP contribution < -0.4 is 0 Å². The fraction of sp³-hybridized carbons (Fsp3) is 0.688. The number of halogens is 1. The molecule has 0 radical (unpaired) electrons. The summed E-state index contributed by atoms with van der Waals surface area (Å²) in [4.78, 5) is 14.1. The lowest BCUT2D eigenvalue weighted by Crippen LogP contribution is -2.37. The Bertz CT molecular complexity index is 427. The Balaban J connectivity index is 0.00000242. The minimum atomic E-state index is -0.722. The number of aliphatic hydroxyl groups is 1. The second kappa shape index (κ2) is 10.2. The van der Waals surface area contributed by atoms with Crippen LogP contribution in [0.4, 0.5) is 0 Å². The van der Waals surface area contributed by atoms with Crippen molar-refractivity contribution < 1.29 is 15.0 Å². The van der Waals surface area contributed by atoms with Crippen LogP contribution in [0.1, 0.15) is 55.9 Å². The quantitative estimate of drug-likeness (QED) is 0.789. The largest absolute Gasteiger partial charge is 0.481 e. The van der Waals surface area contributed by atoms with E-state index in [1.165, 1.54) is 19.3 Å². The van der Waals surface area contributed by atoms with Crippen molar-refractivity contribution >= 4 is 29.7 Å². The zero-order valence-electron chi connectivity index (χ0n) is 12.8. The molecule has 1 saturated heterocycles. The van der Waals surface area contributed by atoms with Gasteiger partial charge in [-0.1, -0.05) is 18.9 Å². The number of nitrogens with zero attached hydrogens (tertiary/aromatic N) is 1. The van der Waals surface area contributed by atoms with Crippen LogP contribution in [0.3, 0.4) is 0 Å². The molecule has 0 aliphatic carbocycles. The molecule has 2 unspecified atom stereocenters. The lowest BCUT2D eigenvalue weighted by Gasteiger charge is -2.31. The molecular formula is C16H26ClNO3S. The number of hydrogen-bond donors (Lipinski definition) is 2. The van der Waals surface area contributed by atoms with Gasteiger partial charge in [-0.05, 0) is 50.2 Å². The average molecular weight is 348 g/mol. The number of likely N-dealkylation sites (tertiary alicyclic amines) is 1. The van der Waals surface area contributed by atoms with E-state index in [-0.39, 0.29) is 18.8 Å². The Labute approximate surface area is 142 Å². The fourth-order valence-electron chi connectivity index (χ4n) is 3.09. The molecule has 2 N–H and O–H groups in total. The van der Waals surface area contributed by atoms with Crippen LogP contribution >= 0.6 is 23.7 Å². The minimum Gasteiger partial charge on any atom is -0.481 e. The summed E-state index contributed by atoms with van der Waals surface area (Å²) in [6.45, 7) is 1.86. The van der Waals surface area contributed by atoms with Crippen LogP contribution in [-0.4, -0.2) is 40.2 Å². The summed E-state index contributed by atoms with van der Waals surface area (Å²) in [7, 11) is 0. The first-order chi connectivity index (χ1) is 10.2. The molecule has 0 bridgehead atoms. The molecule has 2 heterocycles. The number of hydrogen-bond acceptors (Lipinski definition) is 4. The Hall–Kier alpha value is -0.620. The molecule has 1 aliphatic rings. The highest BCUT2D eigenvalue weighted by molar-refractivity contribution is 7.10. The molecule has 0 aromatic carbocycles. The van der Waals surface area contributed by atoms with Crippen molar-refractivity contribution in [3.63, 3.8) is 0 Å². The zero-order valence-corrected chi connectivity index (χ0v) is 14.5. The number of carboxylic acids is 1. The Morgan fingerprint density at radius 1 is 1.41 bits per heavy atom. The summed E-state index contributed by atoms with van der Waals surface area (Å²) in [6.07, 6.45) is 6.02. The highest BCUT2D eigenvalue weighted by Gasteiger charge is 2.24. The van der Waals surface area contributed by atoms with Crippen molar-refractivity contribution in [2.45, 2.75) is 57.1 Å². The van der Waals surface area contributed by atoms with Gasteiger partial charge in [-0.25, -0.2) is 0 Å². The first-order valence-electron chi connectivity index (χ1n) is 7.84. The summed E-state index contributed by atoms with van der Waals surface area (Å²) >= 11 is 1.60. The molecule has 2 rings (SSSR count). The SMILES string of the molecule is Cl.O=C(O)CCCN1CCCCCC1CC(O)c1cccs1. The lowest BCUT2D eigenvalue weighted by atomic mass is 10.0. The molecule has 1 aromatic heterocycles.